The average molecular weight is 206 g/mol. The fourth-order valence-corrected chi connectivity index (χ4v) is 1.76. The molecule has 1 aliphatic rings. The van der Waals surface area contributed by atoms with Crippen LogP contribution in [-0.4, -0.2) is 42.3 Å². The molecule has 1 N–H and O–H groups in total. The summed E-state index contributed by atoms with van der Waals surface area (Å²) in [7, 11) is 0. The van der Waals surface area contributed by atoms with Gasteiger partial charge in [0.15, 0.2) is 0 Å². The van der Waals surface area contributed by atoms with Crippen LogP contribution in [0.4, 0.5) is 10.5 Å². The molecule has 0 saturated carbocycles. The van der Waals surface area contributed by atoms with Gasteiger partial charge >= 0.3 is 6.03 Å². The van der Waals surface area contributed by atoms with E-state index < -0.39 is 0 Å². The minimum absolute atomic E-state index is 0.0183. The Labute approximate surface area is 88.7 Å². The first-order valence-corrected chi connectivity index (χ1v) is 5.05. The second-order valence-corrected chi connectivity index (χ2v) is 3.48. The standard InChI is InChI=1S/C11H14N2O2/c14-9-8-12-6-7-13(11(12)15)10-4-2-1-3-5-10/h1-5,14H,6-9H2. The Morgan fingerprint density at radius 1 is 1.20 bits per heavy atom. The number of rotatable bonds is 3. The second kappa shape index (κ2) is 4.31. The number of amides is 2. The van der Waals surface area contributed by atoms with E-state index in [4.69, 9.17) is 5.11 Å². The smallest absolute Gasteiger partial charge is 0.324 e. The summed E-state index contributed by atoms with van der Waals surface area (Å²) in [6, 6.07) is 9.57. The van der Waals surface area contributed by atoms with Gasteiger partial charge in [0.25, 0.3) is 0 Å². The zero-order valence-corrected chi connectivity index (χ0v) is 8.47. The molecule has 0 atom stereocenters. The van der Waals surface area contributed by atoms with Crippen molar-refractivity contribution in [3.63, 3.8) is 0 Å². The lowest BCUT2D eigenvalue weighted by Crippen LogP contribution is -2.33. The van der Waals surface area contributed by atoms with Gasteiger partial charge in [-0.1, -0.05) is 18.2 Å². The van der Waals surface area contributed by atoms with Gasteiger partial charge in [-0.15, -0.1) is 0 Å². The molecule has 2 rings (SSSR count). The van der Waals surface area contributed by atoms with Crippen LogP contribution in [-0.2, 0) is 0 Å². The van der Waals surface area contributed by atoms with Gasteiger partial charge in [0.05, 0.1) is 6.61 Å². The Morgan fingerprint density at radius 3 is 2.60 bits per heavy atom. The van der Waals surface area contributed by atoms with E-state index in [1.165, 1.54) is 0 Å². The summed E-state index contributed by atoms with van der Waals surface area (Å²) >= 11 is 0. The first-order valence-electron chi connectivity index (χ1n) is 5.05. The van der Waals surface area contributed by atoms with E-state index in [-0.39, 0.29) is 12.6 Å². The van der Waals surface area contributed by atoms with Crippen LogP contribution >= 0.6 is 0 Å². The van der Waals surface area contributed by atoms with Crippen LogP contribution in [0.1, 0.15) is 0 Å². The van der Waals surface area contributed by atoms with E-state index in [9.17, 15) is 4.79 Å². The highest BCUT2D eigenvalue weighted by molar-refractivity contribution is 5.94. The maximum absolute atomic E-state index is 11.8. The number of β-amino-alcohol motifs (C(OH)–C–C–N with tert-alkyl or cyclic N) is 1. The third-order valence-corrected chi connectivity index (χ3v) is 2.53. The number of hydrogen-bond donors (Lipinski definition) is 1. The zero-order valence-electron chi connectivity index (χ0n) is 8.47. The normalized spacial score (nSPS) is 16.2. The lowest BCUT2D eigenvalue weighted by atomic mass is 10.3. The Bertz CT molecular complexity index is 340. The molecule has 1 aromatic carbocycles. The molecule has 0 aliphatic carbocycles. The van der Waals surface area contributed by atoms with E-state index in [1.807, 2.05) is 30.3 Å². The van der Waals surface area contributed by atoms with Crippen LogP contribution in [0.25, 0.3) is 0 Å². The van der Waals surface area contributed by atoms with Gasteiger partial charge in [-0.3, -0.25) is 4.90 Å². The second-order valence-electron chi connectivity index (χ2n) is 3.48. The molecule has 0 unspecified atom stereocenters. The predicted molar refractivity (Wildman–Crippen MR) is 57.8 cm³/mol. The number of anilines is 1. The van der Waals surface area contributed by atoms with Gasteiger partial charge in [0.2, 0.25) is 0 Å². The molecule has 15 heavy (non-hydrogen) atoms. The summed E-state index contributed by atoms with van der Waals surface area (Å²) in [5.74, 6) is 0. The highest BCUT2D eigenvalue weighted by Crippen LogP contribution is 2.19. The van der Waals surface area contributed by atoms with Crippen molar-refractivity contribution in [3.05, 3.63) is 30.3 Å². The van der Waals surface area contributed by atoms with Crippen LogP contribution in [0, 0.1) is 0 Å². The minimum Gasteiger partial charge on any atom is -0.395 e. The van der Waals surface area contributed by atoms with Gasteiger partial charge in [0.1, 0.15) is 0 Å². The number of para-hydroxylation sites is 1. The molecule has 0 aromatic heterocycles. The van der Waals surface area contributed by atoms with Crippen molar-refractivity contribution in [2.75, 3.05) is 31.1 Å². The van der Waals surface area contributed by atoms with E-state index in [1.54, 1.807) is 9.80 Å². The fraction of sp³-hybridized carbons (Fsp3) is 0.364. The summed E-state index contributed by atoms with van der Waals surface area (Å²) < 4.78 is 0. The molecule has 80 valence electrons. The van der Waals surface area contributed by atoms with Gasteiger partial charge < -0.3 is 10.0 Å². The molecule has 4 nitrogen and oxygen atoms in total. The Hall–Kier alpha value is -1.55. The highest BCUT2D eigenvalue weighted by Gasteiger charge is 2.28. The molecule has 4 heteroatoms. The molecule has 1 saturated heterocycles. The molecular weight excluding hydrogens is 192 g/mol. The van der Waals surface area contributed by atoms with Crippen LogP contribution in [0.3, 0.4) is 0 Å². The van der Waals surface area contributed by atoms with E-state index in [0.717, 1.165) is 5.69 Å². The lowest BCUT2D eigenvalue weighted by molar-refractivity contribution is 0.199. The Kier molecular flexibility index (Phi) is 2.87. The summed E-state index contributed by atoms with van der Waals surface area (Å²) in [6.45, 7) is 1.83. The number of benzene rings is 1. The van der Waals surface area contributed by atoms with Gasteiger partial charge in [-0.25, -0.2) is 4.79 Å². The summed E-state index contributed by atoms with van der Waals surface area (Å²) in [6.07, 6.45) is 0. The molecule has 1 aromatic rings. The number of nitrogens with zero attached hydrogens (tertiary/aromatic N) is 2. The van der Waals surface area contributed by atoms with Crippen LogP contribution in [0.5, 0.6) is 0 Å². The molecule has 0 radical (unpaired) electrons. The highest BCUT2D eigenvalue weighted by atomic mass is 16.3. The van der Waals surface area contributed by atoms with E-state index in [0.29, 0.717) is 19.6 Å². The number of aliphatic hydroxyl groups is 1. The largest absolute Gasteiger partial charge is 0.395 e. The van der Waals surface area contributed by atoms with Crippen molar-refractivity contribution in [1.29, 1.82) is 0 Å². The molecule has 0 bridgehead atoms. The fourth-order valence-electron chi connectivity index (χ4n) is 1.76. The van der Waals surface area contributed by atoms with E-state index in [2.05, 4.69) is 0 Å². The first kappa shape index (κ1) is 9.98. The summed E-state index contributed by atoms with van der Waals surface area (Å²) in [4.78, 5) is 15.2. The van der Waals surface area contributed by atoms with Crippen molar-refractivity contribution in [2.24, 2.45) is 0 Å². The third-order valence-electron chi connectivity index (χ3n) is 2.53. The van der Waals surface area contributed by atoms with Crippen molar-refractivity contribution < 1.29 is 9.90 Å². The van der Waals surface area contributed by atoms with Crippen molar-refractivity contribution in [2.45, 2.75) is 0 Å². The zero-order chi connectivity index (χ0) is 10.7. The monoisotopic (exact) mass is 206 g/mol. The third kappa shape index (κ3) is 1.94. The number of carbonyl (C=O) groups excluding carboxylic acids is 1. The number of hydrogen-bond acceptors (Lipinski definition) is 2. The SMILES string of the molecule is O=C1N(CCO)CCN1c1ccccc1. The van der Waals surface area contributed by atoms with Gasteiger partial charge in [0, 0.05) is 25.3 Å². The first-order chi connectivity index (χ1) is 7.33. The number of urea groups is 1. The lowest BCUT2D eigenvalue weighted by Gasteiger charge is -2.17. The maximum Gasteiger partial charge on any atom is 0.324 e. The van der Waals surface area contributed by atoms with Gasteiger partial charge in [-0.2, -0.15) is 0 Å². The Morgan fingerprint density at radius 2 is 1.93 bits per heavy atom. The molecular formula is C11H14N2O2. The minimum atomic E-state index is -0.0183. The molecule has 2 amide bonds. The van der Waals surface area contributed by atoms with E-state index >= 15 is 0 Å². The number of aliphatic hydroxyl groups excluding tert-OH is 1. The number of carbonyl (C=O) groups is 1. The predicted octanol–water partition coefficient (Wildman–Crippen LogP) is 0.921. The van der Waals surface area contributed by atoms with Crippen molar-refractivity contribution in [3.8, 4) is 0 Å². The molecule has 1 aliphatic heterocycles. The average Bonchev–Trinajstić information content (AvgIpc) is 2.63. The van der Waals surface area contributed by atoms with Gasteiger partial charge in [-0.05, 0) is 12.1 Å². The summed E-state index contributed by atoms with van der Waals surface area (Å²) in [5.41, 5.74) is 0.919. The topological polar surface area (TPSA) is 43.8 Å². The molecule has 1 heterocycles. The Balaban J connectivity index is 2.11. The summed E-state index contributed by atoms with van der Waals surface area (Å²) in [5, 5.41) is 8.79. The van der Waals surface area contributed by atoms with Crippen LogP contribution in [0.15, 0.2) is 30.3 Å². The molecule has 1 fully saturated rings. The van der Waals surface area contributed by atoms with Crippen molar-refractivity contribution in [1.82, 2.24) is 4.90 Å². The van der Waals surface area contributed by atoms with Crippen LogP contribution in [0.2, 0.25) is 0 Å². The van der Waals surface area contributed by atoms with Crippen LogP contribution < -0.4 is 4.90 Å². The quantitative estimate of drug-likeness (QED) is 0.799. The molecule has 0 spiro atoms. The van der Waals surface area contributed by atoms with Crippen molar-refractivity contribution >= 4 is 11.7 Å². The maximum atomic E-state index is 11.8.